The van der Waals surface area contributed by atoms with Gasteiger partial charge in [-0.3, -0.25) is 20.1 Å². The molecule has 1 aliphatic rings. The van der Waals surface area contributed by atoms with Crippen molar-refractivity contribution in [2.75, 3.05) is 51.0 Å². The summed E-state index contributed by atoms with van der Waals surface area (Å²) in [5.74, 6) is 1.04. The van der Waals surface area contributed by atoms with Gasteiger partial charge in [-0.25, -0.2) is 4.98 Å². The SMILES string of the molecule is CC(C)(C)CN(NC(=O)C(C)(C)c1ccc(OCCN2CCOCC2)cc1)c1nc(C#N)ncc1Br. The van der Waals surface area contributed by atoms with E-state index < -0.39 is 5.41 Å². The number of morpholine rings is 1. The summed E-state index contributed by atoms with van der Waals surface area (Å²) < 4.78 is 11.9. The molecule has 0 radical (unpaired) electrons. The Hall–Kier alpha value is -2.74. The number of carbonyl (C=O) groups is 1. The molecule has 0 unspecified atom stereocenters. The number of carbonyl (C=O) groups excluding carboxylic acids is 1. The molecule has 1 aromatic carbocycles. The fraction of sp³-hybridized carbons (Fsp3) is 0.538. The smallest absolute Gasteiger partial charge is 0.248 e. The normalized spacial score (nSPS) is 14.7. The van der Waals surface area contributed by atoms with Gasteiger partial charge in [0.1, 0.15) is 18.4 Å². The molecule has 0 spiro atoms. The summed E-state index contributed by atoms with van der Waals surface area (Å²) in [4.78, 5) is 24.1. The Kier molecular flexibility index (Phi) is 9.28. The lowest BCUT2D eigenvalue weighted by molar-refractivity contribution is -0.125. The van der Waals surface area contributed by atoms with E-state index in [1.165, 1.54) is 6.20 Å². The predicted molar refractivity (Wildman–Crippen MR) is 142 cm³/mol. The highest BCUT2D eigenvalue weighted by Crippen LogP contribution is 2.29. The van der Waals surface area contributed by atoms with Crippen LogP contribution in [0.1, 0.15) is 46.0 Å². The van der Waals surface area contributed by atoms with Gasteiger partial charge in [0.05, 0.1) is 23.1 Å². The van der Waals surface area contributed by atoms with Crippen LogP contribution >= 0.6 is 15.9 Å². The highest BCUT2D eigenvalue weighted by atomic mass is 79.9. The van der Waals surface area contributed by atoms with E-state index in [9.17, 15) is 10.1 Å². The molecule has 1 amide bonds. The number of rotatable bonds is 9. The van der Waals surface area contributed by atoms with Gasteiger partial charge in [0.2, 0.25) is 11.7 Å². The van der Waals surface area contributed by atoms with E-state index in [1.807, 2.05) is 44.2 Å². The van der Waals surface area contributed by atoms with Crippen LogP contribution in [-0.4, -0.2) is 66.8 Å². The fourth-order valence-electron chi connectivity index (χ4n) is 3.72. The molecule has 0 bridgehead atoms. The monoisotopic (exact) mass is 558 g/mol. The Labute approximate surface area is 221 Å². The maximum atomic E-state index is 13.5. The molecule has 10 heteroatoms. The van der Waals surface area contributed by atoms with Crippen molar-refractivity contribution in [2.45, 2.75) is 40.0 Å². The van der Waals surface area contributed by atoms with Crippen LogP contribution in [0.5, 0.6) is 5.75 Å². The second-order valence-corrected chi connectivity index (χ2v) is 11.4. The zero-order valence-electron chi connectivity index (χ0n) is 21.7. The molecule has 0 aliphatic carbocycles. The van der Waals surface area contributed by atoms with Gasteiger partial charge < -0.3 is 9.47 Å². The molecule has 1 saturated heterocycles. The number of nitrogens with zero attached hydrogens (tertiary/aromatic N) is 5. The second-order valence-electron chi connectivity index (χ2n) is 10.5. The Balaban J connectivity index is 1.69. The first-order valence-corrected chi connectivity index (χ1v) is 12.8. The summed E-state index contributed by atoms with van der Waals surface area (Å²) in [7, 11) is 0. The molecule has 1 aromatic heterocycles. The molecule has 3 rings (SSSR count). The third-order valence-corrected chi connectivity index (χ3v) is 6.43. The van der Waals surface area contributed by atoms with E-state index in [4.69, 9.17) is 9.47 Å². The summed E-state index contributed by atoms with van der Waals surface area (Å²) in [6.45, 7) is 15.3. The van der Waals surface area contributed by atoms with E-state index in [2.05, 4.69) is 57.0 Å². The summed E-state index contributed by atoms with van der Waals surface area (Å²) >= 11 is 3.46. The van der Waals surface area contributed by atoms with E-state index in [1.54, 1.807) is 5.01 Å². The van der Waals surface area contributed by atoms with Crippen molar-refractivity contribution in [1.29, 1.82) is 5.26 Å². The lowest BCUT2D eigenvalue weighted by Crippen LogP contribution is -2.52. The van der Waals surface area contributed by atoms with Gasteiger partial charge in [0.15, 0.2) is 5.82 Å². The Bertz CT molecular complexity index is 1070. The highest BCUT2D eigenvalue weighted by molar-refractivity contribution is 9.10. The number of anilines is 1. The first-order valence-electron chi connectivity index (χ1n) is 12.0. The number of hydrazine groups is 1. The average Bonchev–Trinajstić information content (AvgIpc) is 2.84. The minimum absolute atomic E-state index is 0.0322. The number of hydrogen-bond acceptors (Lipinski definition) is 8. The van der Waals surface area contributed by atoms with Crippen molar-refractivity contribution >= 4 is 27.7 Å². The summed E-state index contributed by atoms with van der Waals surface area (Å²) in [5, 5.41) is 10.9. The first-order chi connectivity index (χ1) is 17.0. The number of hydrogen-bond donors (Lipinski definition) is 1. The topological polar surface area (TPSA) is 104 Å². The highest BCUT2D eigenvalue weighted by Gasteiger charge is 2.33. The van der Waals surface area contributed by atoms with E-state index in [0.29, 0.717) is 23.4 Å². The average molecular weight is 560 g/mol. The zero-order chi connectivity index (χ0) is 26.3. The zero-order valence-corrected chi connectivity index (χ0v) is 23.3. The quantitative estimate of drug-likeness (QED) is 0.465. The predicted octanol–water partition coefficient (Wildman–Crippen LogP) is 3.68. The molecule has 1 fully saturated rings. The van der Waals surface area contributed by atoms with Gasteiger partial charge in [-0.15, -0.1) is 0 Å². The third kappa shape index (κ3) is 7.63. The number of ether oxygens (including phenoxy) is 2. The number of benzene rings is 1. The van der Waals surface area contributed by atoms with Gasteiger partial charge in [-0.2, -0.15) is 10.2 Å². The van der Waals surface area contributed by atoms with Gasteiger partial charge in [0.25, 0.3) is 0 Å². The maximum absolute atomic E-state index is 13.5. The number of halogens is 1. The molecular formula is C26H35BrN6O3. The minimum Gasteiger partial charge on any atom is -0.492 e. The third-order valence-electron chi connectivity index (χ3n) is 5.87. The van der Waals surface area contributed by atoms with Crippen molar-refractivity contribution in [2.24, 2.45) is 5.41 Å². The van der Waals surface area contributed by atoms with Crippen LogP contribution in [0, 0.1) is 16.7 Å². The largest absolute Gasteiger partial charge is 0.492 e. The summed E-state index contributed by atoms with van der Waals surface area (Å²) in [6.07, 6.45) is 1.52. The van der Waals surface area contributed by atoms with Gasteiger partial charge >= 0.3 is 0 Å². The van der Waals surface area contributed by atoms with Crippen LogP contribution in [0.4, 0.5) is 5.82 Å². The number of amides is 1. The Morgan fingerprint density at radius 2 is 1.89 bits per heavy atom. The van der Waals surface area contributed by atoms with E-state index in [-0.39, 0.29) is 17.1 Å². The van der Waals surface area contributed by atoms with Crippen molar-refractivity contribution in [1.82, 2.24) is 20.3 Å². The van der Waals surface area contributed by atoms with E-state index >= 15 is 0 Å². The first kappa shape index (κ1) is 27.8. The number of nitrogens with one attached hydrogen (secondary N) is 1. The van der Waals surface area contributed by atoms with E-state index in [0.717, 1.165) is 44.2 Å². The lowest BCUT2D eigenvalue weighted by Gasteiger charge is -2.34. The standard InChI is InChI=1S/C26H35BrN6O3/c1-25(2,3)18-33(23-21(27)17-29-22(16-28)30-23)31-24(34)26(4,5)19-6-8-20(9-7-19)36-15-12-32-10-13-35-14-11-32/h6-9,17H,10-15,18H2,1-5H3,(H,31,34). The molecule has 1 aliphatic heterocycles. The van der Waals surface area contributed by atoms with Crippen LogP contribution in [0.15, 0.2) is 34.9 Å². The maximum Gasteiger partial charge on any atom is 0.248 e. The van der Waals surface area contributed by atoms with Crippen LogP contribution in [0.2, 0.25) is 0 Å². The van der Waals surface area contributed by atoms with Crippen LogP contribution in [0.3, 0.4) is 0 Å². The molecule has 2 heterocycles. The number of nitriles is 1. The molecule has 36 heavy (non-hydrogen) atoms. The van der Waals surface area contributed by atoms with Crippen molar-refractivity contribution in [3.05, 3.63) is 46.3 Å². The fourth-order valence-corrected chi connectivity index (χ4v) is 4.13. The molecule has 2 aromatic rings. The van der Waals surface area contributed by atoms with Crippen LogP contribution < -0.4 is 15.2 Å². The van der Waals surface area contributed by atoms with Crippen molar-refractivity contribution < 1.29 is 14.3 Å². The molecule has 0 saturated carbocycles. The Morgan fingerprint density at radius 1 is 1.22 bits per heavy atom. The van der Waals surface area contributed by atoms with Gasteiger partial charge in [-0.1, -0.05) is 32.9 Å². The summed E-state index contributed by atoms with van der Waals surface area (Å²) in [5.41, 5.74) is 2.89. The summed E-state index contributed by atoms with van der Waals surface area (Å²) in [6, 6.07) is 9.60. The molecule has 1 N–H and O–H groups in total. The minimum atomic E-state index is -0.833. The molecule has 0 atom stereocenters. The second kappa shape index (κ2) is 12.0. The number of aromatic nitrogens is 2. The Morgan fingerprint density at radius 3 is 2.50 bits per heavy atom. The van der Waals surface area contributed by atoms with Crippen molar-refractivity contribution in [3.8, 4) is 11.8 Å². The van der Waals surface area contributed by atoms with Crippen LogP contribution in [0.25, 0.3) is 0 Å². The van der Waals surface area contributed by atoms with Gasteiger partial charge in [0, 0.05) is 32.4 Å². The molecule has 9 nitrogen and oxygen atoms in total. The van der Waals surface area contributed by atoms with Crippen molar-refractivity contribution in [3.63, 3.8) is 0 Å². The lowest BCUT2D eigenvalue weighted by atomic mass is 9.84. The van der Waals surface area contributed by atoms with Gasteiger partial charge in [-0.05, 0) is 52.9 Å². The van der Waals surface area contributed by atoms with Crippen LogP contribution in [-0.2, 0) is 14.9 Å². The molecular weight excluding hydrogens is 524 g/mol. The molecule has 194 valence electrons.